The second-order valence-corrected chi connectivity index (χ2v) is 7.22. The van der Waals surface area contributed by atoms with Crippen molar-refractivity contribution < 1.29 is 14.0 Å². The third-order valence-corrected chi connectivity index (χ3v) is 5.32. The first-order valence-electron chi connectivity index (χ1n) is 9.64. The van der Waals surface area contributed by atoms with E-state index < -0.39 is 0 Å². The van der Waals surface area contributed by atoms with Crippen LogP contribution in [0.1, 0.15) is 31.2 Å². The Hall–Kier alpha value is -1.95. The summed E-state index contributed by atoms with van der Waals surface area (Å²) in [6.07, 6.45) is 4.29. The molecule has 2 amide bonds. The molecule has 2 heterocycles. The zero-order chi connectivity index (χ0) is 18.4. The fraction of sp³-hybridized carbons (Fsp3) is 0.600. The number of rotatable bonds is 5. The van der Waals surface area contributed by atoms with Gasteiger partial charge in [0.1, 0.15) is 5.82 Å². The van der Waals surface area contributed by atoms with Crippen molar-refractivity contribution in [3.63, 3.8) is 0 Å². The van der Waals surface area contributed by atoms with Crippen molar-refractivity contribution in [1.29, 1.82) is 0 Å². The number of hydrogen-bond donors (Lipinski definition) is 0. The summed E-state index contributed by atoms with van der Waals surface area (Å²) in [4.78, 5) is 30.7. The third kappa shape index (κ3) is 5.27. The van der Waals surface area contributed by atoms with E-state index in [4.69, 9.17) is 0 Å². The molecule has 5 nitrogen and oxygen atoms in total. The molecule has 0 aliphatic carbocycles. The van der Waals surface area contributed by atoms with E-state index in [1.165, 1.54) is 18.6 Å². The fourth-order valence-corrected chi connectivity index (χ4v) is 3.71. The number of nitrogens with zero attached hydrogens (tertiary/aromatic N) is 3. The zero-order valence-electron chi connectivity index (χ0n) is 15.3. The molecule has 6 heteroatoms. The summed E-state index contributed by atoms with van der Waals surface area (Å²) in [5.74, 6) is -0.00700. The Balaban J connectivity index is 1.38. The number of carbonyl (C=O) groups excluding carboxylic acids is 2. The normalized spacial score (nSPS) is 18.8. The quantitative estimate of drug-likeness (QED) is 0.805. The molecule has 0 bridgehead atoms. The van der Waals surface area contributed by atoms with Gasteiger partial charge in [0.25, 0.3) is 0 Å². The molecule has 2 aliphatic rings. The largest absolute Gasteiger partial charge is 0.343 e. The lowest BCUT2D eigenvalue weighted by molar-refractivity contribution is -0.134. The molecule has 3 rings (SSSR count). The van der Waals surface area contributed by atoms with Crippen LogP contribution in [0.3, 0.4) is 0 Å². The van der Waals surface area contributed by atoms with Crippen LogP contribution >= 0.6 is 0 Å². The molecule has 0 saturated carbocycles. The number of halogens is 1. The van der Waals surface area contributed by atoms with Crippen molar-refractivity contribution in [3.8, 4) is 0 Å². The number of benzene rings is 1. The van der Waals surface area contributed by atoms with E-state index in [0.717, 1.165) is 45.6 Å². The summed E-state index contributed by atoms with van der Waals surface area (Å²) in [6, 6.07) is 6.22. The minimum atomic E-state index is -0.307. The zero-order valence-corrected chi connectivity index (χ0v) is 15.3. The van der Waals surface area contributed by atoms with Gasteiger partial charge in [-0.1, -0.05) is 12.1 Å². The van der Waals surface area contributed by atoms with E-state index in [-0.39, 0.29) is 24.1 Å². The highest BCUT2D eigenvalue weighted by molar-refractivity contribution is 5.79. The Morgan fingerprint density at radius 2 is 1.58 bits per heavy atom. The van der Waals surface area contributed by atoms with Crippen molar-refractivity contribution in [2.75, 3.05) is 45.8 Å². The van der Waals surface area contributed by atoms with Gasteiger partial charge in [-0.2, -0.15) is 0 Å². The number of carbonyl (C=O) groups is 2. The Morgan fingerprint density at radius 1 is 0.885 bits per heavy atom. The number of amides is 2. The molecule has 0 N–H and O–H groups in total. The smallest absolute Gasteiger partial charge is 0.227 e. The van der Waals surface area contributed by atoms with Crippen LogP contribution in [-0.4, -0.2) is 72.3 Å². The van der Waals surface area contributed by atoms with Crippen LogP contribution in [0.15, 0.2) is 24.3 Å². The lowest BCUT2D eigenvalue weighted by atomic mass is 10.1. The van der Waals surface area contributed by atoms with Crippen molar-refractivity contribution in [2.24, 2.45) is 0 Å². The molecular weight excluding hydrogens is 333 g/mol. The molecule has 2 aliphatic heterocycles. The molecule has 2 fully saturated rings. The predicted octanol–water partition coefficient (Wildman–Crippen LogP) is 1.91. The maximum absolute atomic E-state index is 13.2. The number of piperazine rings is 1. The molecule has 142 valence electrons. The number of piperidine rings is 1. The summed E-state index contributed by atoms with van der Waals surface area (Å²) >= 11 is 0. The average molecular weight is 361 g/mol. The van der Waals surface area contributed by atoms with Gasteiger partial charge in [-0.25, -0.2) is 4.39 Å². The van der Waals surface area contributed by atoms with Crippen LogP contribution in [0.25, 0.3) is 0 Å². The summed E-state index contributed by atoms with van der Waals surface area (Å²) < 4.78 is 13.2. The lowest BCUT2D eigenvalue weighted by Crippen LogP contribution is -2.50. The van der Waals surface area contributed by atoms with Crippen LogP contribution in [-0.2, 0) is 16.0 Å². The van der Waals surface area contributed by atoms with Gasteiger partial charge in [-0.15, -0.1) is 0 Å². The fourth-order valence-electron chi connectivity index (χ4n) is 3.71. The van der Waals surface area contributed by atoms with Crippen molar-refractivity contribution >= 4 is 11.8 Å². The predicted molar refractivity (Wildman–Crippen MR) is 98.2 cm³/mol. The SMILES string of the molecule is O=C(CCN1CCN(C(=O)Cc2cccc(F)c2)CC1)N1CCCCC1. The first-order chi connectivity index (χ1) is 12.6. The summed E-state index contributed by atoms with van der Waals surface area (Å²) in [5.41, 5.74) is 0.713. The molecule has 0 atom stereocenters. The molecule has 1 aromatic rings. The highest BCUT2D eigenvalue weighted by Gasteiger charge is 2.23. The number of likely N-dealkylation sites (tertiary alicyclic amines) is 1. The molecule has 2 saturated heterocycles. The molecule has 1 aromatic carbocycles. The second kappa shape index (κ2) is 9.12. The van der Waals surface area contributed by atoms with Crippen LogP contribution in [0, 0.1) is 5.82 Å². The van der Waals surface area contributed by atoms with E-state index in [1.807, 2.05) is 9.80 Å². The summed E-state index contributed by atoms with van der Waals surface area (Å²) in [7, 11) is 0. The number of hydrogen-bond acceptors (Lipinski definition) is 3. The van der Waals surface area contributed by atoms with Crippen LogP contribution < -0.4 is 0 Å². The van der Waals surface area contributed by atoms with Crippen molar-refractivity contribution in [2.45, 2.75) is 32.1 Å². The third-order valence-electron chi connectivity index (χ3n) is 5.32. The minimum absolute atomic E-state index is 0.0413. The van der Waals surface area contributed by atoms with Crippen LogP contribution in [0.4, 0.5) is 4.39 Å². The summed E-state index contributed by atoms with van der Waals surface area (Å²) in [6.45, 7) is 5.51. The Labute approximate surface area is 154 Å². The van der Waals surface area contributed by atoms with Gasteiger partial charge in [0.05, 0.1) is 6.42 Å². The lowest BCUT2D eigenvalue weighted by Gasteiger charge is -2.35. The molecule has 0 radical (unpaired) electrons. The van der Waals surface area contributed by atoms with Gasteiger partial charge in [0.15, 0.2) is 0 Å². The molecule has 26 heavy (non-hydrogen) atoms. The standard InChI is InChI=1S/C20H28FN3O2/c21-18-6-4-5-17(15-18)16-20(26)24-13-11-22(12-14-24)10-7-19(25)23-8-2-1-3-9-23/h4-6,15H,1-3,7-14,16H2. The Kier molecular flexibility index (Phi) is 6.61. The highest BCUT2D eigenvalue weighted by atomic mass is 19.1. The van der Waals surface area contributed by atoms with E-state index in [0.29, 0.717) is 25.1 Å². The van der Waals surface area contributed by atoms with Gasteiger partial charge >= 0.3 is 0 Å². The van der Waals surface area contributed by atoms with Crippen LogP contribution in [0.2, 0.25) is 0 Å². The maximum Gasteiger partial charge on any atom is 0.227 e. The van der Waals surface area contributed by atoms with Crippen LogP contribution in [0.5, 0.6) is 0 Å². The van der Waals surface area contributed by atoms with Gasteiger partial charge in [-0.05, 0) is 37.0 Å². The molecule has 0 spiro atoms. The van der Waals surface area contributed by atoms with Gasteiger partial charge < -0.3 is 9.80 Å². The van der Waals surface area contributed by atoms with Gasteiger partial charge in [0.2, 0.25) is 11.8 Å². The Morgan fingerprint density at radius 3 is 2.27 bits per heavy atom. The highest BCUT2D eigenvalue weighted by Crippen LogP contribution is 2.12. The first kappa shape index (κ1) is 18.8. The topological polar surface area (TPSA) is 43.9 Å². The van der Waals surface area contributed by atoms with Gasteiger partial charge in [0, 0.05) is 52.2 Å². The average Bonchev–Trinajstić information content (AvgIpc) is 2.67. The van der Waals surface area contributed by atoms with E-state index in [1.54, 1.807) is 12.1 Å². The maximum atomic E-state index is 13.2. The first-order valence-corrected chi connectivity index (χ1v) is 9.64. The van der Waals surface area contributed by atoms with E-state index in [9.17, 15) is 14.0 Å². The van der Waals surface area contributed by atoms with Crippen molar-refractivity contribution in [3.05, 3.63) is 35.6 Å². The van der Waals surface area contributed by atoms with Gasteiger partial charge in [-0.3, -0.25) is 14.5 Å². The van der Waals surface area contributed by atoms with E-state index >= 15 is 0 Å². The molecular formula is C20H28FN3O2. The van der Waals surface area contributed by atoms with E-state index in [2.05, 4.69) is 4.90 Å². The second-order valence-electron chi connectivity index (χ2n) is 7.22. The minimum Gasteiger partial charge on any atom is -0.343 e. The monoisotopic (exact) mass is 361 g/mol. The van der Waals surface area contributed by atoms with Crippen molar-refractivity contribution in [1.82, 2.24) is 14.7 Å². The Bertz CT molecular complexity index is 623. The summed E-state index contributed by atoms with van der Waals surface area (Å²) in [5, 5.41) is 0. The molecule has 0 aromatic heterocycles. The molecule has 0 unspecified atom stereocenters.